The van der Waals surface area contributed by atoms with Gasteiger partial charge in [0.2, 0.25) is 0 Å². The van der Waals surface area contributed by atoms with Crippen molar-refractivity contribution in [2.24, 2.45) is 5.92 Å². The number of carboxylic acids is 1. The highest BCUT2D eigenvalue weighted by Crippen LogP contribution is 2.25. The molecule has 3 nitrogen and oxygen atoms in total. The van der Waals surface area contributed by atoms with Crippen molar-refractivity contribution in [3.05, 3.63) is 35.4 Å². The molecule has 0 fully saturated rings. The predicted octanol–water partition coefficient (Wildman–Crippen LogP) is 3.06. The molecule has 0 saturated heterocycles. The monoisotopic (exact) mass is 275 g/mol. The number of nitrogens with one attached hydrogen (secondary N) is 1. The minimum Gasteiger partial charge on any atom is -0.478 e. The molecule has 0 aliphatic carbocycles. The third-order valence-electron chi connectivity index (χ3n) is 2.75. The Morgan fingerprint density at radius 2 is 1.79 bits per heavy atom. The third kappa shape index (κ3) is 4.55. The zero-order valence-electron chi connectivity index (χ0n) is 10.7. The molecule has 2 N–H and O–H groups in total. The maximum Gasteiger partial charge on any atom is 0.404 e. The number of hydrogen-bond acceptors (Lipinski definition) is 2. The fraction of sp³-hybridized carbons (Fsp3) is 0.462. The molecule has 0 saturated carbocycles. The molecule has 0 aromatic heterocycles. The molecule has 0 heterocycles. The molecule has 0 aliphatic rings. The highest BCUT2D eigenvalue weighted by Gasteiger charge is 2.41. The van der Waals surface area contributed by atoms with Crippen LogP contribution in [0.2, 0.25) is 0 Å². The average Bonchev–Trinajstić information content (AvgIpc) is 2.27. The van der Waals surface area contributed by atoms with E-state index in [1.807, 2.05) is 0 Å². The summed E-state index contributed by atoms with van der Waals surface area (Å²) in [7, 11) is 0. The second-order valence-electron chi connectivity index (χ2n) is 4.65. The minimum absolute atomic E-state index is 0.0439. The molecule has 6 heteroatoms. The van der Waals surface area contributed by atoms with Gasteiger partial charge in [-0.25, -0.2) is 4.79 Å². The van der Waals surface area contributed by atoms with E-state index in [0.29, 0.717) is 5.56 Å². The molecule has 1 aromatic rings. The van der Waals surface area contributed by atoms with Gasteiger partial charge < -0.3 is 10.4 Å². The number of carbonyl (C=O) groups is 1. The van der Waals surface area contributed by atoms with Gasteiger partial charge in [-0.15, -0.1) is 0 Å². The Morgan fingerprint density at radius 1 is 1.26 bits per heavy atom. The average molecular weight is 275 g/mol. The number of halogens is 3. The predicted molar refractivity (Wildman–Crippen MR) is 64.9 cm³/mol. The summed E-state index contributed by atoms with van der Waals surface area (Å²) < 4.78 is 38.1. The van der Waals surface area contributed by atoms with Gasteiger partial charge in [-0.3, -0.25) is 0 Å². The molecule has 0 amide bonds. The largest absolute Gasteiger partial charge is 0.478 e. The van der Waals surface area contributed by atoms with Crippen molar-refractivity contribution in [3.63, 3.8) is 0 Å². The Morgan fingerprint density at radius 3 is 2.16 bits per heavy atom. The van der Waals surface area contributed by atoms with E-state index in [1.54, 1.807) is 0 Å². The van der Waals surface area contributed by atoms with Crippen molar-refractivity contribution >= 4 is 5.97 Å². The molecule has 19 heavy (non-hydrogen) atoms. The maximum absolute atomic E-state index is 12.7. The number of hydrogen-bond donors (Lipinski definition) is 2. The van der Waals surface area contributed by atoms with Gasteiger partial charge in [0.1, 0.15) is 6.04 Å². The van der Waals surface area contributed by atoms with Crippen LogP contribution in [0.1, 0.15) is 29.8 Å². The van der Waals surface area contributed by atoms with Crippen LogP contribution in [-0.4, -0.2) is 23.3 Å². The van der Waals surface area contributed by atoms with Crippen LogP contribution in [0.15, 0.2) is 24.3 Å². The van der Waals surface area contributed by atoms with Crippen LogP contribution in [0.3, 0.4) is 0 Å². The first-order valence-corrected chi connectivity index (χ1v) is 5.84. The van der Waals surface area contributed by atoms with Gasteiger partial charge in [-0.05, 0) is 23.6 Å². The summed E-state index contributed by atoms with van der Waals surface area (Å²) in [6.45, 7) is 3.04. The van der Waals surface area contributed by atoms with E-state index >= 15 is 0 Å². The fourth-order valence-electron chi connectivity index (χ4n) is 1.72. The number of benzene rings is 1. The first-order valence-electron chi connectivity index (χ1n) is 5.84. The van der Waals surface area contributed by atoms with E-state index in [0.717, 1.165) is 0 Å². The molecule has 1 atom stereocenters. The van der Waals surface area contributed by atoms with Gasteiger partial charge in [-0.1, -0.05) is 26.0 Å². The van der Waals surface area contributed by atoms with Crippen molar-refractivity contribution in [3.8, 4) is 0 Å². The second kappa shape index (κ2) is 6.06. The van der Waals surface area contributed by atoms with Crippen molar-refractivity contribution in [2.75, 3.05) is 0 Å². The standard InChI is InChI=1S/C13H16F3NO2/c1-8(2)11(13(14,15)16)17-7-9-3-5-10(6-4-9)12(18)19/h3-6,8,11,17H,7H2,1-2H3,(H,18,19)/t11-/m0/s1. The lowest BCUT2D eigenvalue weighted by atomic mass is 10.0. The summed E-state index contributed by atoms with van der Waals surface area (Å²) in [6, 6.07) is 4.18. The molecule has 1 aromatic carbocycles. The fourth-order valence-corrected chi connectivity index (χ4v) is 1.72. The lowest BCUT2D eigenvalue weighted by Crippen LogP contribution is -2.45. The summed E-state index contributed by atoms with van der Waals surface area (Å²) in [5.74, 6) is -1.63. The molecule has 0 spiro atoms. The van der Waals surface area contributed by atoms with Crippen molar-refractivity contribution in [1.29, 1.82) is 0 Å². The van der Waals surface area contributed by atoms with Crippen molar-refractivity contribution in [2.45, 2.75) is 32.6 Å². The van der Waals surface area contributed by atoms with Crippen LogP contribution in [0.5, 0.6) is 0 Å². The Kier molecular flexibility index (Phi) is 4.94. The van der Waals surface area contributed by atoms with Gasteiger partial charge in [0.25, 0.3) is 0 Å². The van der Waals surface area contributed by atoms with Gasteiger partial charge >= 0.3 is 12.1 Å². The zero-order valence-corrected chi connectivity index (χ0v) is 10.7. The molecular formula is C13H16F3NO2. The number of carboxylic acid groups (broad SMARTS) is 1. The number of aromatic carboxylic acids is 1. The van der Waals surface area contributed by atoms with Crippen LogP contribution in [0.4, 0.5) is 13.2 Å². The lowest BCUT2D eigenvalue weighted by molar-refractivity contribution is -0.165. The Hall–Kier alpha value is -1.56. The summed E-state index contributed by atoms with van der Waals surface area (Å²) in [6.07, 6.45) is -4.30. The number of rotatable bonds is 5. The third-order valence-corrected chi connectivity index (χ3v) is 2.75. The van der Waals surface area contributed by atoms with Crippen LogP contribution in [0.25, 0.3) is 0 Å². The zero-order chi connectivity index (χ0) is 14.6. The first kappa shape index (κ1) is 15.5. The summed E-state index contributed by atoms with van der Waals surface area (Å²) in [4.78, 5) is 10.6. The Bertz CT molecular complexity index is 427. The maximum atomic E-state index is 12.7. The van der Waals surface area contributed by atoms with E-state index in [4.69, 9.17) is 5.11 Å². The van der Waals surface area contributed by atoms with Crippen LogP contribution in [-0.2, 0) is 6.54 Å². The highest BCUT2D eigenvalue weighted by molar-refractivity contribution is 5.87. The van der Waals surface area contributed by atoms with Gasteiger partial charge in [0, 0.05) is 6.54 Å². The smallest absolute Gasteiger partial charge is 0.404 e. The Balaban J connectivity index is 2.67. The van der Waals surface area contributed by atoms with Gasteiger partial charge in [0.05, 0.1) is 5.56 Å². The molecule has 0 bridgehead atoms. The van der Waals surface area contributed by atoms with Crippen molar-refractivity contribution in [1.82, 2.24) is 5.32 Å². The topological polar surface area (TPSA) is 49.3 Å². The van der Waals surface area contributed by atoms with Gasteiger partial charge in [0.15, 0.2) is 0 Å². The van der Waals surface area contributed by atoms with E-state index in [2.05, 4.69) is 5.32 Å². The molecular weight excluding hydrogens is 259 g/mol. The van der Waals surface area contributed by atoms with E-state index in [-0.39, 0.29) is 12.1 Å². The molecule has 0 aliphatic heterocycles. The highest BCUT2D eigenvalue weighted by atomic mass is 19.4. The SMILES string of the molecule is CC(C)[C@H](NCc1ccc(C(=O)O)cc1)C(F)(F)F. The lowest BCUT2D eigenvalue weighted by Gasteiger charge is -2.25. The molecule has 0 radical (unpaired) electrons. The Labute approximate surface area is 109 Å². The second-order valence-corrected chi connectivity index (χ2v) is 4.65. The van der Waals surface area contributed by atoms with E-state index in [1.165, 1.54) is 38.1 Å². The van der Waals surface area contributed by atoms with E-state index < -0.39 is 24.1 Å². The van der Waals surface area contributed by atoms with Crippen LogP contribution in [0, 0.1) is 5.92 Å². The van der Waals surface area contributed by atoms with Crippen molar-refractivity contribution < 1.29 is 23.1 Å². The summed E-state index contributed by atoms with van der Waals surface area (Å²) in [5.41, 5.74) is 0.722. The quantitative estimate of drug-likeness (QED) is 0.868. The first-order chi connectivity index (χ1) is 8.71. The molecule has 106 valence electrons. The molecule has 1 rings (SSSR count). The van der Waals surface area contributed by atoms with Crippen LogP contribution >= 0.6 is 0 Å². The number of alkyl halides is 3. The summed E-state index contributed by atoms with van der Waals surface area (Å²) in [5, 5.41) is 11.2. The molecule has 0 unspecified atom stereocenters. The summed E-state index contributed by atoms with van der Waals surface area (Å²) >= 11 is 0. The minimum atomic E-state index is -4.30. The van der Waals surface area contributed by atoms with E-state index in [9.17, 15) is 18.0 Å². The van der Waals surface area contributed by atoms with Gasteiger partial charge in [-0.2, -0.15) is 13.2 Å². The van der Waals surface area contributed by atoms with Crippen LogP contribution < -0.4 is 5.32 Å². The normalized spacial score (nSPS) is 13.6.